The Morgan fingerprint density at radius 2 is 1.30 bits per heavy atom. The minimum absolute atomic E-state index is 0.167. The highest BCUT2D eigenvalue weighted by Crippen LogP contribution is 2.31. The number of carbonyl (C=O) groups excluding carboxylic acids is 4. The van der Waals surface area contributed by atoms with Gasteiger partial charge in [-0.25, -0.2) is 19.2 Å². The molecule has 0 bridgehead atoms. The molecule has 13 heteroatoms. The van der Waals surface area contributed by atoms with Crippen molar-refractivity contribution in [3.05, 3.63) is 114 Å². The number of nitrogens with one attached hydrogen (secondary N) is 1. The van der Waals surface area contributed by atoms with E-state index in [9.17, 15) is 19.2 Å². The second kappa shape index (κ2) is 21.6. The van der Waals surface area contributed by atoms with Crippen LogP contribution in [0.2, 0.25) is 0 Å². The predicted octanol–water partition coefficient (Wildman–Crippen LogP) is 6.91. The van der Waals surface area contributed by atoms with E-state index < -0.39 is 23.8 Å². The fourth-order valence-electron chi connectivity index (χ4n) is 4.54. The zero-order valence-corrected chi connectivity index (χ0v) is 29.9. The van der Waals surface area contributed by atoms with Crippen molar-refractivity contribution in [3.63, 3.8) is 0 Å². The van der Waals surface area contributed by atoms with Crippen LogP contribution in [0.25, 0.3) is 10.9 Å². The Balaban J connectivity index is 1.57. The minimum Gasteiger partial charge on any atom is -0.493 e. The Bertz CT molecular complexity index is 1860. The summed E-state index contributed by atoms with van der Waals surface area (Å²) in [7, 11) is 2.94. The number of carbonyl (C=O) groups is 4. The van der Waals surface area contributed by atoms with E-state index in [1.807, 2.05) is 0 Å². The summed E-state index contributed by atoms with van der Waals surface area (Å²) >= 11 is 0. The molecule has 0 atom stereocenters. The highest BCUT2D eigenvalue weighted by atomic mass is 16.5. The maximum atomic E-state index is 13.1. The third kappa shape index (κ3) is 13.3. The van der Waals surface area contributed by atoms with Gasteiger partial charge in [-0.15, -0.1) is 0 Å². The molecule has 278 valence electrons. The number of esters is 3. The van der Waals surface area contributed by atoms with Crippen LogP contribution in [-0.2, 0) is 23.9 Å². The molecular formula is C40H42N2O11. The van der Waals surface area contributed by atoms with E-state index in [0.29, 0.717) is 78.7 Å². The maximum Gasteiger partial charge on any atom is 0.343 e. The van der Waals surface area contributed by atoms with Crippen molar-refractivity contribution < 1.29 is 52.3 Å². The van der Waals surface area contributed by atoms with Gasteiger partial charge in [0, 0.05) is 17.8 Å². The number of benzene rings is 3. The number of hydrogen-bond acceptors (Lipinski definition) is 11. The molecule has 0 aliphatic carbocycles. The van der Waals surface area contributed by atoms with Crippen LogP contribution in [-0.4, -0.2) is 64.5 Å². The summed E-state index contributed by atoms with van der Waals surface area (Å²) in [5.41, 5.74) is 1.63. The van der Waals surface area contributed by atoms with Crippen LogP contribution in [0.4, 0.5) is 5.69 Å². The summed E-state index contributed by atoms with van der Waals surface area (Å²) in [5, 5.41) is 2.74. The van der Waals surface area contributed by atoms with E-state index in [0.717, 1.165) is 12.2 Å². The molecule has 0 saturated carbocycles. The average molecular weight is 727 g/mol. The Labute approximate surface area is 308 Å². The number of methoxy groups -OCH3 is 2. The lowest BCUT2D eigenvalue weighted by atomic mass is 10.1. The summed E-state index contributed by atoms with van der Waals surface area (Å²) in [6, 6.07) is 14.4. The predicted molar refractivity (Wildman–Crippen MR) is 197 cm³/mol. The molecule has 13 nitrogen and oxygen atoms in total. The lowest BCUT2D eigenvalue weighted by molar-refractivity contribution is -0.138. The monoisotopic (exact) mass is 726 g/mol. The largest absolute Gasteiger partial charge is 0.493 e. The van der Waals surface area contributed by atoms with Gasteiger partial charge in [0.15, 0.2) is 23.0 Å². The molecular weight excluding hydrogens is 684 g/mol. The zero-order valence-electron chi connectivity index (χ0n) is 29.9. The quantitative estimate of drug-likeness (QED) is 0.0401. The van der Waals surface area contributed by atoms with Crippen LogP contribution in [0.15, 0.2) is 85.6 Å². The van der Waals surface area contributed by atoms with Gasteiger partial charge in [0.25, 0.3) is 11.6 Å². The van der Waals surface area contributed by atoms with Crippen LogP contribution in [0.3, 0.4) is 0 Å². The van der Waals surface area contributed by atoms with E-state index in [1.54, 1.807) is 49.4 Å². The molecule has 0 saturated heterocycles. The summed E-state index contributed by atoms with van der Waals surface area (Å²) in [5.74, 6) is -0.280. The van der Waals surface area contributed by atoms with Gasteiger partial charge in [-0.3, -0.25) is 4.79 Å². The Hall–Kier alpha value is -6.55. The molecule has 53 heavy (non-hydrogen) atoms. The third-order valence-corrected chi connectivity index (χ3v) is 7.31. The summed E-state index contributed by atoms with van der Waals surface area (Å²) in [6.07, 6.45) is 6.14. The van der Waals surface area contributed by atoms with Crippen molar-refractivity contribution in [1.82, 2.24) is 0 Å². The first-order chi connectivity index (χ1) is 25.6. The Morgan fingerprint density at radius 1 is 0.736 bits per heavy atom. The molecule has 1 N–H and O–H groups in total. The molecule has 3 aromatic rings. The third-order valence-electron chi connectivity index (χ3n) is 7.31. The van der Waals surface area contributed by atoms with Crippen molar-refractivity contribution in [2.75, 3.05) is 46.0 Å². The molecule has 3 aromatic carbocycles. The maximum absolute atomic E-state index is 13.1. The molecule has 0 unspecified atom stereocenters. The standard InChI is InChI=1S/C40H42N2O11/c1-7-37(43)51-21-11-9-19-49-33-17-13-28(25-35(33)47-5)24-32(41-4)39(45)42-31-16-15-30(23-27(31)3)53-40(46)29-14-18-34(36(26-29)48-6)50-20-10-12-22-52-38(44)8-2/h7-8,13-18,23-26H,1-2,9-12,19-22H2,3,5-6H3,(H,42,45)/b32-24-. The van der Waals surface area contributed by atoms with Crippen molar-refractivity contribution in [2.45, 2.75) is 32.6 Å². The molecule has 3 rings (SSSR count). The van der Waals surface area contributed by atoms with E-state index in [2.05, 4.69) is 23.3 Å². The van der Waals surface area contributed by atoms with Gasteiger partial charge in [-0.2, -0.15) is 0 Å². The first-order valence-electron chi connectivity index (χ1n) is 16.6. The molecule has 0 aliphatic heterocycles. The topological polar surface area (TPSA) is 149 Å². The van der Waals surface area contributed by atoms with Gasteiger partial charge in [0.05, 0.1) is 52.8 Å². The van der Waals surface area contributed by atoms with Gasteiger partial charge >= 0.3 is 17.9 Å². The van der Waals surface area contributed by atoms with Crippen molar-refractivity contribution in [3.8, 4) is 28.7 Å². The number of hydrogen-bond donors (Lipinski definition) is 1. The lowest BCUT2D eigenvalue weighted by Crippen LogP contribution is -2.14. The van der Waals surface area contributed by atoms with Crippen LogP contribution >= 0.6 is 0 Å². The van der Waals surface area contributed by atoms with Crippen LogP contribution in [0.5, 0.6) is 28.7 Å². The van der Waals surface area contributed by atoms with Gasteiger partial charge in [0.1, 0.15) is 5.75 Å². The first-order valence-corrected chi connectivity index (χ1v) is 16.6. The van der Waals surface area contributed by atoms with Gasteiger partial charge < -0.3 is 38.5 Å². The van der Waals surface area contributed by atoms with E-state index in [4.69, 9.17) is 39.7 Å². The molecule has 0 spiro atoms. The number of rotatable bonds is 21. The van der Waals surface area contributed by atoms with Gasteiger partial charge in [0.2, 0.25) is 0 Å². The van der Waals surface area contributed by atoms with Crippen molar-refractivity contribution >= 4 is 35.6 Å². The second-order valence-corrected chi connectivity index (χ2v) is 11.1. The van der Waals surface area contributed by atoms with Crippen LogP contribution < -0.4 is 29.0 Å². The van der Waals surface area contributed by atoms with E-state index >= 15 is 0 Å². The van der Waals surface area contributed by atoms with Crippen LogP contribution in [0.1, 0.15) is 47.2 Å². The normalized spacial score (nSPS) is 10.6. The highest BCUT2D eigenvalue weighted by Gasteiger charge is 2.16. The van der Waals surface area contributed by atoms with Crippen LogP contribution in [0, 0.1) is 13.5 Å². The molecule has 0 fully saturated rings. The molecule has 0 radical (unpaired) electrons. The number of aryl methyl sites for hydroxylation is 1. The minimum atomic E-state index is -0.633. The smallest absolute Gasteiger partial charge is 0.343 e. The Kier molecular flexibility index (Phi) is 16.7. The van der Waals surface area contributed by atoms with E-state index in [-0.39, 0.29) is 30.2 Å². The van der Waals surface area contributed by atoms with E-state index in [1.165, 1.54) is 32.4 Å². The number of anilines is 1. The average Bonchev–Trinajstić information content (AvgIpc) is 3.17. The summed E-state index contributed by atoms with van der Waals surface area (Å²) < 4.78 is 37.8. The number of ether oxygens (including phenoxy) is 7. The number of nitrogens with zero attached hydrogens (tertiary/aromatic N) is 1. The molecule has 0 aliphatic rings. The summed E-state index contributed by atoms with van der Waals surface area (Å²) in [4.78, 5) is 51.7. The first kappa shape index (κ1) is 40.9. The van der Waals surface area contributed by atoms with Gasteiger partial charge in [-0.1, -0.05) is 19.2 Å². The molecule has 0 heterocycles. The lowest BCUT2D eigenvalue weighted by Gasteiger charge is -2.13. The fraction of sp³-hybridized carbons (Fsp3) is 0.275. The Morgan fingerprint density at radius 3 is 1.85 bits per heavy atom. The molecule has 0 aromatic heterocycles. The number of unbranched alkanes of at least 4 members (excludes halogenated alkanes) is 2. The van der Waals surface area contributed by atoms with Gasteiger partial charge in [-0.05, 0) is 98.3 Å². The molecule has 1 amide bonds. The highest BCUT2D eigenvalue weighted by molar-refractivity contribution is 6.08. The number of amides is 1. The fourth-order valence-corrected chi connectivity index (χ4v) is 4.54. The second-order valence-electron chi connectivity index (χ2n) is 11.1. The van der Waals surface area contributed by atoms with Crippen molar-refractivity contribution in [1.29, 1.82) is 0 Å². The summed E-state index contributed by atoms with van der Waals surface area (Å²) in [6.45, 7) is 17.3. The SMILES string of the molecule is [C-]#[N+]/C(=C\c1ccc(OCCCCOC(=O)C=C)c(OC)c1)C(=O)Nc1ccc(OC(=O)c2ccc(OCCCCOC(=O)C=C)c(OC)c2)cc1C. The zero-order chi connectivity index (χ0) is 38.6. The van der Waals surface area contributed by atoms with Crippen molar-refractivity contribution in [2.24, 2.45) is 0 Å².